The predicted molar refractivity (Wildman–Crippen MR) is 71.0 cm³/mol. The van der Waals surface area contributed by atoms with Gasteiger partial charge in [-0.15, -0.1) is 10.2 Å². The normalized spacial score (nSPS) is 11.1. The van der Waals surface area contributed by atoms with Crippen molar-refractivity contribution in [1.29, 1.82) is 0 Å². The maximum Gasteiger partial charge on any atom is 0.169 e. The van der Waals surface area contributed by atoms with Gasteiger partial charge in [-0.2, -0.15) is 0 Å². The van der Waals surface area contributed by atoms with Crippen LogP contribution in [0.4, 0.5) is 0 Å². The Bertz CT molecular complexity index is 719. The summed E-state index contributed by atoms with van der Waals surface area (Å²) in [6.07, 6.45) is 0. The molecule has 0 spiro atoms. The summed E-state index contributed by atoms with van der Waals surface area (Å²) < 4.78 is 1.86. The molecule has 0 atom stereocenters. The molecule has 18 heavy (non-hydrogen) atoms. The van der Waals surface area contributed by atoms with Crippen LogP contribution < -0.4 is 0 Å². The summed E-state index contributed by atoms with van der Waals surface area (Å²) in [5, 5.41) is 9.36. The van der Waals surface area contributed by atoms with Crippen molar-refractivity contribution in [3.8, 4) is 11.4 Å². The summed E-state index contributed by atoms with van der Waals surface area (Å²) >= 11 is 11.8. The Kier molecular flexibility index (Phi) is 2.69. The van der Waals surface area contributed by atoms with Crippen LogP contribution in [0.25, 0.3) is 17.0 Å². The van der Waals surface area contributed by atoms with Crippen molar-refractivity contribution in [3.63, 3.8) is 0 Å². The van der Waals surface area contributed by atoms with Gasteiger partial charge in [0.25, 0.3) is 0 Å². The molecule has 0 aliphatic rings. The zero-order valence-corrected chi connectivity index (χ0v) is 10.9. The fraction of sp³-hybridized carbons (Fsp3) is 0.0833. The third-order valence-electron chi connectivity index (χ3n) is 2.63. The highest BCUT2D eigenvalue weighted by Crippen LogP contribution is 2.22. The van der Waals surface area contributed by atoms with Gasteiger partial charge in [-0.05, 0) is 31.2 Å². The third kappa shape index (κ3) is 1.83. The standard InChI is InChI=1S/C12H8Cl2N4/c1-7-15-10(14)6-11-16-17-12(18(7)11)8-2-4-9(13)5-3-8/h2-6H,1H3. The van der Waals surface area contributed by atoms with Crippen LogP contribution in [-0.2, 0) is 0 Å². The van der Waals surface area contributed by atoms with E-state index in [9.17, 15) is 0 Å². The number of hydrogen-bond acceptors (Lipinski definition) is 3. The lowest BCUT2D eigenvalue weighted by molar-refractivity contribution is 0.988. The second-order valence-corrected chi connectivity index (χ2v) is 4.67. The van der Waals surface area contributed by atoms with Crippen LogP contribution in [0.2, 0.25) is 10.2 Å². The van der Waals surface area contributed by atoms with E-state index in [2.05, 4.69) is 15.2 Å². The molecule has 0 N–H and O–H groups in total. The highest BCUT2D eigenvalue weighted by molar-refractivity contribution is 6.30. The van der Waals surface area contributed by atoms with Crippen LogP contribution in [0.3, 0.4) is 0 Å². The lowest BCUT2D eigenvalue weighted by atomic mass is 10.2. The molecule has 6 heteroatoms. The lowest BCUT2D eigenvalue weighted by Gasteiger charge is -2.03. The molecule has 0 saturated carbocycles. The van der Waals surface area contributed by atoms with E-state index >= 15 is 0 Å². The molecule has 4 nitrogen and oxygen atoms in total. The molecule has 2 aromatic heterocycles. The average molecular weight is 279 g/mol. The number of aromatic nitrogens is 4. The fourth-order valence-corrected chi connectivity index (χ4v) is 2.18. The minimum atomic E-state index is 0.412. The van der Waals surface area contributed by atoms with Crippen molar-refractivity contribution in [1.82, 2.24) is 19.6 Å². The molecule has 0 aliphatic carbocycles. The zero-order valence-electron chi connectivity index (χ0n) is 9.43. The molecular formula is C12H8Cl2N4. The molecule has 0 aliphatic heterocycles. The lowest BCUT2D eigenvalue weighted by Crippen LogP contribution is -1.97. The zero-order chi connectivity index (χ0) is 12.7. The molecule has 3 rings (SSSR count). The van der Waals surface area contributed by atoms with E-state index < -0.39 is 0 Å². The molecule has 0 radical (unpaired) electrons. The minimum absolute atomic E-state index is 0.412. The molecular weight excluding hydrogens is 271 g/mol. The topological polar surface area (TPSA) is 43.1 Å². The van der Waals surface area contributed by atoms with Crippen molar-refractivity contribution in [2.45, 2.75) is 6.92 Å². The van der Waals surface area contributed by atoms with Crippen molar-refractivity contribution in [2.24, 2.45) is 0 Å². The van der Waals surface area contributed by atoms with Gasteiger partial charge in [0.15, 0.2) is 11.5 Å². The number of hydrogen-bond donors (Lipinski definition) is 0. The number of aryl methyl sites for hydroxylation is 1. The first-order valence-electron chi connectivity index (χ1n) is 5.29. The fourth-order valence-electron chi connectivity index (χ4n) is 1.84. The van der Waals surface area contributed by atoms with Gasteiger partial charge in [0.05, 0.1) is 0 Å². The van der Waals surface area contributed by atoms with E-state index in [0.29, 0.717) is 15.8 Å². The molecule has 0 bridgehead atoms. The van der Waals surface area contributed by atoms with E-state index in [-0.39, 0.29) is 0 Å². The third-order valence-corrected chi connectivity index (χ3v) is 3.08. The van der Waals surface area contributed by atoms with Crippen LogP contribution in [0.5, 0.6) is 0 Å². The SMILES string of the molecule is Cc1nc(Cl)cc2nnc(-c3ccc(Cl)cc3)n12. The smallest absolute Gasteiger partial charge is 0.169 e. The summed E-state index contributed by atoms with van der Waals surface area (Å²) in [6.45, 7) is 1.86. The van der Waals surface area contributed by atoms with Crippen LogP contribution in [-0.4, -0.2) is 19.6 Å². The highest BCUT2D eigenvalue weighted by Gasteiger charge is 2.11. The van der Waals surface area contributed by atoms with E-state index in [0.717, 1.165) is 17.2 Å². The maximum atomic E-state index is 5.89. The predicted octanol–water partition coefficient (Wildman–Crippen LogP) is 3.41. The van der Waals surface area contributed by atoms with Crippen molar-refractivity contribution < 1.29 is 0 Å². The number of rotatable bonds is 1. The Morgan fingerprint density at radius 1 is 1.06 bits per heavy atom. The van der Waals surface area contributed by atoms with Gasteiger partial charge in [-0.1, -0.05) is 23.2 Å². The Morgan fingerprint density at radius 3 is 2.50 bits per heavy atom. The Hall–Kier alpha value is -1.65. The summed E-state index contributed by atoms with van der Waals surface area (Å²) in [5.74, 6) is 1.47. The summed E-state index contributed by atoms with van der Waals surface area (Å²) in [4.78, 5) is 4.20. The van der Waals surface area contributed by atoms with Crippen LogP contribution in [0.1, 0.15) is 5.82 Å². The van der Waals surface area contributed by atoms with Gasteiger partial charge in [0, 0.05) is 16.7 Å². The van der Waals surface area contributed by atoms with Gasteiger partial charge in [0.2, 0.25) is 0 Å². The van der Waals surface area contributed by atoms with Gasteiger partial charge in [-0.3, -0.25) is 4.40 Å². The second-order valence-electron chi connectivity index (χ2n) is 3.85. The molecule has 0 fully saturated rings. The quantitative estimate of drug-likeness (QED) is 0.641. The molecule has 0 amide bonds. The van der Waals surface area contributed by atoms with Crippen molar-refractivity contribution in [3.05, 3.63) is 46.3 Å². The van der Waals surface area contributed by atoms with Crippen LogP contribution in [0, 0.1) is 6.92 Å². The van der Waals surface area contributed by atoms with E-state index in [1.807, 2.05) is 35.6 Å². The Morgan fingerprint density at radius 2 is 1.78 bits per heavy atom. The monoisotopic (exact) mass is 278 g/mol. The Balaban J connectivity index is 2.27. The largest absolute Gasteiger partial charge is 0.263 e. The number of nitrogens with zero attached hydrogens (tertiary/aromatic N) is 4. The first kappa shape index (κ1) is 11.4. The molecule has 90 valence electrons. The van der Waals surface area contributed by atoms with E-state index in [4.69, 9.17) is 23.2 Å². The second kappa shape index (κ2) is 4.23. The average Bonchev–Trinajstić information content (AvgIpc) is 2.74. The molecule has 2 heterocycles. The molecule has 0 saturated heterocycles. The van der Waals surface area contributed by atoms with E-state index in [1.165, 1.54) is 0 Å². The van der Waals surface area contributed by atoms with E-state index in [1.54, 1.807) is 6.07 Å². The highest BCUT2D eigenvalue weighted by atomic mass is 35.5. The number of fused-ring (bicyclic) bond motifs is 1. The summed E-state index contributed by atoms with van der Waals surface area (Å²) in [7, 11) is 0. The molecule has 0 unspecified atom stereocenters. The molecule has 1 aromatic carbocycles. The van der Waals surface area contributed by atoms with Gasteiger partial charge in [0.1, 0.15) is 11.0 Å². The Labute approximate surface area is 113 Å². The van der Waals surface area contributed by atoms with Gasteiger partial charge < -0.3 is 0 Å². The summed E-state index contributed by atoms with van der Waals surface area (Å²) in [6, 6.07) is 9.11. The summed E-state index contributed by atoms with van der Waals surface area (Å²) in [5.41, 5.74) is 1.61. The first-order valence-corrected chi connectivity index (χ1v) is 6.05. The number of halogens is 2. The first-order chi connectivity index (χ1) is 8.65. The van der Waals surface area contributed by atoms with Gasteiger partial charge >= 0.3 is 0 Å². The van der Waals surface area contributed by atoms with Crippen molar-refractivity contribution >= 4 is 28.8 Å². The minimum Gasteiger partial charge on any atom is -0.263 e. The van der Waals surface area contributed by atoms with Gasteiger partial charge in [-0.25, -0.2) is 4.98 Å². The van der Waals surface area contributed by atoms with Crippen molar-refractivity contribution in [2.75, 3.05) is 0 Å². The van der Waals surface area contributed by atoms with Crippen LogP contribution in [0.15, 0.2) is 30.3 Å². The van der Waals surface area contributed by atoms with Crippen LogP contribution >= 0.6 is 23.2 Å². The maximum absolute atomic E-state index is 5.89. The molecule has 3 aromatic rings. The number of benzene rings is 1.